The van der Waals surface area contributed by atoms with Crippen LogP contribution in [0, 0.1) is 0 Å². The van der Waals surface area contributed by atoms with E-state index in [0.717, 1.165) is 100 Å². The van der Waals surface area contributed by atoms with E-state index in [2.05, 4.69) is 174 Å². The quantitative estimate of drug-likeness (QED) is 0.163. The van der Waals surface area contributed by atoms with E-state index >= 15 is 0 Å². The number of hydrogen-bond acceptors (Lipinski definition) is 4. The molecule has 0 radical (unpaired) electrons. The highest BCUT2D eigenvalue weighted by atomic mass is 15.0. The first-order chi connectivity index (χ1) is 29.2. The summed E-state index contributed by atoms with van der Waals surface area (Å²) in [5.74, 6) is 0.661. The molecule has 0 atom stereocenters. The van der Waals surface area contributed by atoms with Crippen LogP contribution in [0.2, 0.25) is 0 Å². The lowest BCUT2D eigenvalue weighted by molar-refractivity contribution is 1.18. The molecule has 0 saturated carbocycles. The predicted molar refractivity (Wildman–Crippen MR) is 242 cm³/mol. The molecule has 4 heterocycles. The first-order valence-corrected chi connectivity index (χ1v) is 19.8. The highest BCUT2D eigenvalue weighted by Crippen LogP contribution is 2.37. The fourth-order valence-corrected chi connectivity index (χ4v) is 8.09. The van der Waals surface area contributed by atoms with E-state index in [9.17, 15) is 0 Å². The number of fused-ring (bicyclic) bond motifs is 5. The molecule has 0 aliphatic carbocycles. The molecule has 0 aliphatic heterocycles. The molecule has 0 amide bonds. The van der Waals surface area contributed by atoms with E-state index in [4.69, 9.17) is 19.9 Å². The van der Waals surface area contributed by atoms with E-state index in [1.165, 1.54) is 0 Å². The molecule has 276 valence electrons. The zero-order valence-corrected chi connectivity index (χ0v) is 31.9. The maximum atomic E-state index is 5.27. The van der Waals surface area contributed by atoms with Crippen molar-refractivity contribution in [2.45, 2.75) is 0 Å². The summed E-state index contributed by atoms with van der Waals surface area (Å²) in [5, 5.41) is 1.04. The third-order valence-corrected chi connectivity index (χ3v) is 11.0. The summed E-state index contributed by atoms with van der Waals surface area (Å²) in [4.78, 5) is 20.8. The molecule has 0 aliphatic rings. The van der Waals surface area contributed by atoms with E-state index in [-0.39, 0.29) is 0 Å². The summed E-state index contributed by atoms with van der Waals surface area (Å²) < 4.78 is 2.14. The Kier molecular flexibility index (Phi) is 8.41. The van der Waals surface area contributed by atoms with Crippen molar-refractivity contribution < 1.29 is 0 Å². The number of hydrogen-bond donors (Lipinski definition) is 0. The molecule has 0 fully saturated rings. The molecule has 11 rings (SSSR count). The monoisotopic (exact) mass is 753 g/mol. The Morgan fingerprint density at radius 3 is 1.44 bits per heavy atom. The van der Waals surface area contributed by atoms with Crippen LogP contribution in [0.1, 0.15) is 0 Å². The average Bonchev–Trinajstić information content (AvgIpc) is 3.72. The van der Waals surface area contributed by atoms with Crippen molar-refractivity contribution in [1.29, 1.82) is 0 Å². The summed E-state index contributed by atoms with van der Waals surface area (Å²) in [6.07, 6.45) is 2.07. The van der Waals surface area contributed by atoms with Crippen molar-refractivity contribution in [2.75, 3.05) is 0 Å². The lowest BCUT2D eigenvalue weighted by Gasteiger charge is -2.13. The zero-order valence-electron chi connectivity index (χ0n) is 31.9. The van der Waals surface area contributed by atoms with Gasteiger partial charge < -0.3 is 0 Å². The Hall–Kier alpha value is -8.02. The molecular weight excluding hydrogens is 719 g/mol. The lowest BCUT2D eigenvalue weighted by Crippen LogP contribution is -1.97. The zero-order chi connectivity index (χ0) is 39.1. The molecule has 0 unspecified atom stereocenters. The van der Waals surface area contributed by atoms with Gasteiger partial charge in [-0.1, -0.05) is 158 Å². The summed E-state index contributed by atoms with van der Waals surface area (Å²) in [5.41, 5.74) is 17.1. The highest BCUT2D eigenvalue weighted by Gasteiger charge is 2.18. The number of rotatable bonds is 7. The molecule has 0 N–H and O–H groups in total. The Morgan fingerprint density at radius 1 is 0.322 bits per heavy atom. The van der Waals surface area contributed by atoms with E-state index in [1.807, 2.05) is 42.5 Å². The van der Waals surface area contributed by atoms with Crippen molar-refractivity contribution in [3.63, 3.8) is 0 Å². The van der Waals surface area contributed by atoms with Gasteiger partial charge in [0.05, 0.1) is 28.1 Å². The normalized spacial score (nSPS) is 11.4. The maximum Gasteiger partial charge on any atom is 0.160 e. The minimum atomic E-state index is 0.661. The van der Waals surface area contributed by atoms with Gasteiger partial charge in [0.15, 0.2) is 5.82 Å². The molecule has 59 heavy (non-hydrogen) atoms. The van der Waals surface area contributed by atoms with Crippen molar-refractivity contribution >= 4 is 27.6 Å². The second-order valence-corrected chi connectivity index (χ2v) is 14.7. The summed E-state index contributed by atoms with van der Waals surface area (Å²) in [6, 6.07) is 71.8. The van der Waals surface area contributed by atoms with Crippen LogP contribution in [0.5, 0.6) is 0 Å². The van der Waals surface area contributed by atoms with Gasteiger partial charge in [0.25, 0.3) is 0 Å². The molecule has 4 aromatic heterocycles. The lowest BCUT2D eigenvalue weighted by atomic mass is 9.98. The van der Waals surface area contributed by atoms with E-state index in [0.29, 0.717) is 5.82 Å². The first kappa shape index (κ1) is 34.2. The third kappa shape index (κ3) is 6.41. The minimum absolute atomic E-state index is 0.661. The van der Waals surface area contributed by atoms with Crippen molar-refractivity contribution in [3.05, 3.63) is 212 Å². The Labute approximate surface area is 341 Å². The number of nitrogens with zero attached hydrogens (tertiary/aromatic N) is 5. The molecule has 5 nitrogen and oxygen atoms in total. The Balaban J connectivity index is 1.04. The molecule has 0 bridgehead atoms. The average molecular weight is 754 g/mol. The van der Waals surface area contributed by atoms with Gasteiger partial charge in [0.2, 0.25) is 0 Å². The number of aromatic nitrogens is 5. The van der Waals surface area contributed by atoms with Crippen LogP contribution in [-0.2, 0) is 0 Å². The number of benzene rings is 7. The van der Waals surface area contributed by atoms with E-state index in [1.54, 1.807) is 0 Å². The largest absolute Gasteiger partial charge is 0.298 e. The van der Waals surface area contributed by atoms with Crippen LogP contribution in [0.25, 0.3) is 106 Å². The van der Waals surface area contributed by atoms with Gasteiger partial charge in [-0.15, -0.1) is 0 Å². The SMILES string of the molecule is c1ccc(-c2cccc(-c3cc(-c4cccc(-c5ccccc5)c4)nc(-c4cccc(-c5cccc(-c6nc7ccccc7c7nc8ccccn8c67)c5)c4)n3)c2)cc1. The summed E-state index contributed by atoms with van der Waals surface area (Å²) >= 11 is 0. The molecule has 0 saturated heterocycles. The van der Waals surface area contributed by atoms with Gasteiger partial charge in [0.1, 0.15) is 11.2 Å². The predicted octanol–water partition coefficient (Wildman–Crippen LogP) is 13.5. The van der Waals surface area contributed by atoms with Crippen LogP contribution >= 0.6 is 0 Å². The maximum absolute atomic E-state index is 5.27. The second-order valence-electron chi connectivity index (χ2n) is 14.7. The summed E-state index contributed by atoms with van der Waals surface area (Å²) in [7, 11) is 0. The van der Waals surface area contributed by atoms with Crippen molar-refractivity contribution in [1.82, 2.24) is 24.3 Å². The van der Waals surface area contributed by atoms with Crippen LogP contribution in [0.3, 0.4) is 0 Å². The summed E-state index contributed by atoms with van der Waals surface area (Å²) in [6.45, 7) is 0. The number of imidazole rings is 1. The molecule has 5 heteroatoms. The van der Waals surface area contributed by atoms with Crippen LogP contribution < -0.4 is 0 Å². The number of pyridine rings is 2. The smallest absolute Gasteiger partial charge is 0.160 e. The standard InChI is InChI=1S/C54H35N5/c1-3-15-36(16-4-1)38-19-11-23-42(31-38)48-35-49(43-24-12-20-39(32-43)37-17-5-2-6-18-37)57-54(56-48)45-26-14-22-41(34-45)40-21-13-25-44(33-40)51-53-52(46-27-7-8-28-47(46)55-51)58-50-29-9-10-30-59(50)53/h1-35H. The van der Waals surface area contributed by atoms with Gasteiger partial charge in [-0.2, -0.15) is 0 Å². The Bertz CT molecular complexity index is 3230. The topological polar surface area (TPSA) is 56.0 Å². The van der Waals surface area contributed by atoms with Gasteiger partial charge in [-0.3, -0.25) is 4.40 Å². The van der Waals surface area contributed by atoms with Crippen molar-refractivity contribution in [2.24, 2.45) is 0 Å². The molecule has 0 spiro atoms. The second kappa shape index (κ2) is 14.5. The van der Waals surface area contributed by atoms with Gasteiger partial charge in [0, 0.05) is 33.8 Å². The fraction of sp³-hybridized carbons (Fsp3) is 0. The van der Waals surface area contributed by atoms with Crippen LogP contribution in [0.15, 0.2) is 212 Å². The van der Waals surface area contributed by atoms with Crippen molar-refractivity contribution in [3.8, 4) is 78.5 Å². The van der Waals surface area contributed by atoms with Crippen LogP contribution in [-0.4, -0.2) is 24.3 Å². The van der Waals surface area contributed by atoms with Crippen LogP contribution in [0.4, 0.5) is 0 Å². The number of para-hydroxylation sites is 1. The van der Waals surface area contributed by atoms with Gasteiger partial charge in [-0.25, -0.2) is 19.9 Å². The minimum Gasteiger partial charge on any atom is -0.298 e. The third-order valence-electron chi connectivity index (χ3n) is 11.0. The van der Waals surface area contributed by atoms with Gasteiger partial charge in [-0.05, 0) is 81.9 Å². The molecule has 11 aromatic rings. The fourth-order valence-electron chi connectivity index (χ4n) is 8.09. The van der Waals surface area contributed by atoms with E-state index < -0.39 is 0 Å². The molecular formula is C54H35N5. The highest BCUT2D eigenvalue weighted by molar-refractivity contribution is 6.09. The first-order valence-electron chi connectivity index (χ1n) is 19.8. The Morgan fingerprint density at radius 2 is 0.797 bits per heavy atom. The van der Waals surface area contributed by atoms with Gasteiger partial charge >= 0.3 is 0 Å². The molecule has 7 aromatic carbocycles.